The summed E-state index contributed by atoms with van der Waals surface area (Å²) in [6, 6.07) is 3.77. The number of anilines is 2. The molecule has 25 heavy (non-hydrogen) atoms. The van der Waals surface area contributed by atoms with Crippen molar-refractivity contribution in [2.45, 2.75) is 33.6 Å². The molecule has 3 heterocycles. The molecule has 0 fully saturated rings. The zero-order chi connectivity index (χ0) is 18.0. The van der Waals surface area contributed by atoms with Crippen molar-refractivity contribution in [3.8, 4) is 0 Å². The number of esters is 1. The van der Waals surface area contributed by atoms with Gasteiger partial charge in [0.05, 0.1) is 12.3 Å². The van der Waals surface area contributed by atoms with Crippen molar-refractivity contribution in [1.82, 2.24) is 20.2 Å². The summed E-state index contributed by atoms with van der Waals surface area (Å²) in [5.74, 6) is -0.148. The van der Waals surface area contributed by atoms with Gasteiger partial charge in [-0.3, -0.25) is 0 Å². The first kappa shape index (κ1) is 17.2. The van der Waals surface area contributed by atoms with Crippen molar-refractivity contribution >= 4 is 39.2 Å². The van der Waals surface area contributed by atoms with Crippen LogP contribution in [0.1, 0.15) is 47.7 Å². The Kier molecular flexibility index (Phi) is 4.89. The molecule has 0 aliphatic heterocycles. The highest BCUT2D eigenvalue weighted by Crippen LogP contribution is 2.31. The molecular weight excluding hydrogens is 338 g/mol. The molecule has 130 valence electrons. The third-order valence-electron chi connectivity index (χ3n) is 3.53. The van der Waals surface area contributed by atoms with E-state index in [0.29, 0.717) is 28.6 Å². The highest BCUT2D eigenvalue weighted by molar-refractivity contribution is 7.15. The molecule has 3 rings (SSSR count). The second kappa shape index (κ2) is 7.10. The van der Waals surface area contributed by atoms with Crippen LogP contribution in [0.2, 0.25) is 0 Å². The number of carbonyl (C=O) groups excluding carboxylic acids is 1. The topological polar surface area (TPSA) is 89.9 Å². The number of aromatic nitrogens is 4. The monoisotopic (exact) mass is 357 g/mol. The number of hydrogen-bond acceptors (Lipinski definition) is 8. The summed E-state index contributed by atoms with van der Waals surface area (Å²) in [6.07, 6.45) is 1.49. The minimum absolute atomic E-state index is 0.288. The SMILES string of the molecule is CCOC(=O)c1cnc2nc(C)ccc2c1Nc1nnc(C(C)C)s1. The average molecular weight is 357 g/mol. The quantitative estimate of drug-likeness (QED) is 0.694. The van der Waals surface area contributed by atoms with Gasteiger partial charge in [-0.15, -0.1) is 10.2 Å². The van der Waals surface area contributed by atoms with Gasteiger partial charge >= 0.3 is 5.97 Å². The Labute approximate surface area is 149 Å². The van der Waals surface area contributed by atoms with Crippen molar-refractivity contribution < 1.29 is 9.53 Å². The molecule has 0 amide bonds. The Hall–Kier alpha value is -2.61. The summed E-state index contributed by atoms with van der Waals surface area (Å²) in [7, 11) is 0. The molecule has 1 N–H and O–H groups in total. The van der Waals surface area contributed by atoms with E-state index in [9.17, 15) is 4.79 Å². The molecule has 3 aromatic heterocycles. The van der Waals surface area contributed by atoms with Crippen molar-refractivity contribution in [2.24, 2.45) is 0 Å². The predicted octanol–water partition coefficient (Wildman–Crippen LogP) is 3.83. The maximum atomic E-state index is 12.3. The predicted molar refractivity (Wildman–Crippen MR) is 97.5 cm³/mol. The standard InChI is InChI=1S/C17H19N5O2S/c1-5-24-16(23)12-8-18-14-11(7-6-10(4)19-14)13(12)20-17-22-21-15(25-17)9(2)3/h6-9H,5H2,1-4H3,(H,18,19,20,22). The summed E-state index contributed by atoms with van der Waals surface area (Å²) >= 11 is 1.46. The Bertz CT molecular complexity index is 923. The van der Waals surface area contributed by atoms with E-state index in [1.165, 1.54) is 17.5 Å². The second-order valence-electron chi connectivity index (χ2n) is 5.82. The first-order valence-corrected chi connectivity index (χ1v) is 8.85. The van der Waals surface area contributed by atoms with Crippen molar-refractivity contribution in [3.63, 3.8) is 0 Å². The van der Waals surface area contributed by atoms with E-state index in [4.69, 9.17) is 4.74 Å². The Morgan fingerprint density at radius 2 is 2.12 bits per heavy atom. The average Bonchev–Trinajstić information content (AvgIpc) is 3.04. The van der Waals surface area contributed by atoms with Gasteiger partial charge in [0.2, 0.25) is 5.13 Å². The lowest BCUT2D eigenvalue weighted by molar-refractivity contribution is 0.0527. The highest BCUT2D eigenvalue weighted by atomic mass is 32.1. The molecule has 0 atom stereocenters. The number of carbonyl (C=O) groups is 1. The number of nitrogens with one attached hydrogen (secondary N) is 1. The minimum atomic E-state index is -0.437. The number of rotatable bonds is 5. The van der Waals surface area contributed by atoms with Crippen LogP contribution in [-0.2, 0) is 4.74 Å². The normalized spacial score (nSPS) is 11.1. The molecule has 0 radical (unpaired) electrons. The zero-order valence-corrected chi connectivity index (χ0v) is 15.3. The van der Waals surface area contributed by atoms with E-state index in [1.54, 1.807) is 6.92 Å². The van der Waals surface area contributed by atoms with Gasteiger partial charge in [-0.2, -0.15) is 0 Å². The first-order valence-electron chi connectivity index (χ1n) is 8.03. The molecule has 3 aromatic rings. The Morgan fingerprint density at radius 3 is 2.80 bits per heavy atom. The van der Waals surface area contributed by atoms with Crippen LogP contribution in [0.15, 0.2) is 18.3 Å². The van der Waals surface area contributed by atoms with Gasteiger partial charge in [-0.25, -0.2) is 14.8 Å². The molecule has 8 heteroatoms. The van der Waals surface area contributed by atoms with E-state index in [2.05, 4.69) is 39.3 Å². The third kappa shape index (κ3) is 3.58. The fourth-order valence-corrected chi connectivity index (χ4v) is 3.05. The number of aryl methyl sites for hydroxylation is 1. The molecule has 0 unspecified atom stereocenters. The summed E-state index contributed by atoms with van der Waals surface area (Å²) in [5, 5.41) is 13.8. The fourth-order valence-electron chi connectivity index (χ4n) is 2.30. The van der Waals surface area contributed by atoms with Gasteiger partial charge in [-0.1, -0.05) is 25.2 Å². The van der Waals surface area contributed by atoms with Crippen LogP contribution in [0.4, 0.5) is 10.8 Å². The third-order valence-corrected chi connectivity index (χ3v) is 4.67. The maximum absolute atomic E-state index is 12.3. The molecule has 7 nitrogen and oxygen atoms in total. The van der Waals surface area contributed by atoms with Crippen LogP contribution in [0.25, 0.3) is 11.0 Å². The Balaban J connectivity index is 2.10. The molecule has 0 aromatic carbocycles. The lowest BCUT2D eigenvalue weighted by Gasteiger charge is -2.12. The number of nitrogens with zero attached hydrogens (tertiary/aromatic N) is 4. The lowest BCUT2D eigenvalue weighted by atomic mass is 10.1. The van der Waals surface area contributed by atoms with Gasteiger partial charge < -0.3 is 10.1 Å². The van der Waals surface area contributed by atoms with Gasteiger partial charge in [0.25, 0.3) is 0 Å². The van der Waals surface area contributed by atoms with E-state index in [-0.39, 0.29) is 5.92 Å². The number of hydrogen-bond donors (Lipinski definition) is 1. The van der Waals surface area contributed by atoms with Crippen molar-refractivity contribution in [3.05, 3.63) is 34.6 Å². The van der Waals surface area contributed by atoms with E-state index < -0.39 is 5.97 Å². The highest BCUT2D eigenvalue weighted by Gasteiger charge is 2.19. The van der Waals surface area contributed by atoms with E-state index >= 15 is 0 Å². The second-order valence-corrected chi connectivity index (χ2v) is 6.83. The summed E-state index contributed by atoms with van der Waals surface area (Å²) in [4.78, 5) is 21.0. The van der Waals surface area contributed by atoms with Crippen molar-refractivity contribution in [1.29, 1.82) is 0 Å². The summed E-state index contributed by atoms with van der Waals surface area (Å²) < 4.78 is 5.15. The van der Waals surface area contributed by atoms with Crippen LogP contribution < -0.4 is 5.32 Å². The smallest absolute Gasteiger partial charge is 0.341 e. The molecule has 0 aliphatic carbocycles. The molecule has 0 bridgehead atoms. The van der Waals surface area contributed by atoms with Crippen LogP contribution in [0.3, 0.4) is 0 Å². The van der Waals surface area contributed by atoms with Crippen LogP contribution >= 0.6 is 11.3 Å². The maximum Gasteiger partial charge on any atom is 0.341 e. The molecule has 0 aliphatic rings. The number of pyridine rings is 2. The lowest BCUT2D eigenvalue weighted by Crippen LogP contribution is -2.09. The van der Waals surface area contributed by atoms with Crippen molar-refractivity contribution in [2.75, 3.05) is 11.9 Å². The summed E-state index contributed by atoms with van der Waals surface area (Å²) in [5.41, 5.74) is 2.35. The van der Waals surface area contributed by atoms with Gasteiger partial charge in [0, 0.05) is 23.2 Å². The van der Waals surface area contributed by atoms with E-state index in [1.807, 2.05) is 19.1 Å². The van der Waals surface area contributed by atoms with Crippen LogP contribution in [-0.4, -0.2) is 32.7 Å². The van der Waals surface area contributed by atoms with Crippen LogP contribution in [0.5, 0.6) is 0 Å². The molecule has 0 saturated carbocycles. The number of ether oxygens (including phenoxy) is 1. The molecule has 0 saturated heterocycles. The minimum Gasteiger partial charge on any atom is -0.462 e. The van der Waals surface area contributed by atoms with Crippen LogP contribution in [0, 0.1) is 6.92 Å². The zero-order valence-electron chi connectivity index (χ0n) is 14.5. The Morgan fingerprint density at radius 1 is 1.32 bits per heavy atom. The number of fused-ring (bicyclic) bond motifs is 1. The largest absolute Gasteiger partial charge is 0.462 e. The molecule has 0 spiro atoms. The van der Waals surface area contributed by atoms with Gasteiger partial charge in [-0.05, 0) is 26.0 Å². The first-order chi connectivity index (χ1) is 12.0. The summed E-state index contributed by atoms with van der Waals surface area (Å²) in [6.45, 7) is 8.07. The fraction of sp³-hybridized carbons (Fsp3) is 0.353. The van der Waals surface area contributed by atoms with Gasteiger partial charge in [0.1, 0.15) is 10.6 Å². The van der Waals surface area contributed by atoms with Gasteiger partial charge in [0.15, 0.2) is 5.65 Å². The van der Waals surface area contributed by atoms with E-state index in [0.717, 1.165) is 16.1 Å². The molecular formula is C17H19N5O2S.